The molecule has 13 aromatic rings. The smallest absolute Gasteiger partial charge is 0.0462 e. The normalized spacial score (nSPS) is 12.3. The third-order valence-electron chi connectivity index (χ3n) is 16.6. The van der Waals surface area contributed by atoms with E-state index >= 15 is 0 Å². The van der Waals surface area contributed by atoms with Crippen molar-refractivity contribution < 1.29 is 0 Å². The maximum Gasteiger partial charge on any atom is 0.0462 e. The van der Waals surface area contributed by atoms with Crippen molar-refractivity contribution >= 4 is 45.5 Å². The fourth-order valence-electron chi connectivity index (χ4n) is 11.5. The van der Waals surface area contributed by atoms with Crippen molar-refractivity contribution in [3.63, 3.8) is 0 Å². The Morgan fingerprint density at radius 1 is 0.220 bits per heavy atom. The van der Waals surface area contributed by atoms with Gasteiger partial charge in [-0.2, -0.15) is 0 Å². The highest BCUT2D eigenvalue weighted by molar-refractivity contribution is 5.83. The lowest BCUT2D eigenvalue weighted by atomic mass is 9.99. The monoisotopic (exact) mass is 1170 g/mol. The number of anilines is 8. The molecule has 0 aliphatic heterocycles. The van der Waals surface area contributed by atoms with Crippen LogP contribution in [0, 0.1) is 26.7 Å². The Hall–Kier alpha value is -11.3. The van der Waals surface area contributed by atoms with Crippen molar-refractivity contribution in [1.29, 1.82) is 0 Å². The quantitative estimate of drug-likeness (QED) is 0.107. The molecular formula is C88H75N3. The third kappa shape index (κ3) is 15.2. The molecule has 14 rings (SSSR count). The lowest BCUT2D eigenvalue weighted by Gasteiger charge is -2.29. The molecule has 0 N–H and O–H groups in total. The molecule has 1 atom stereocenters. The van der Waals surface area contributed by atoms with Gasteiger partial charge in [0.15, 0.2) is 0 Å². The number of hydrogen-bond acceptors (Lipinski definition) is 3. The standard InChI is InChI=1S/C68H55N3.C13H12.C7H8/c1-50-18-22-53(23-19-50)55-26-40-63(41-27-55)69(60-14-8-4-9-15-60)64-42-28-56(29-43-64)57-30-44-65(45-31-57)70(61-16-10-5-11-17-61)66-46-32-58(33-47-66)59-34-48-68(49-35-59)71(62-36-20-51(2)21-37-62)67-38-24-54(25-39-67)52-12-6-3-7-13-52;1-11-7-9-13(10-8-11)12-5-3-2-4-6-12;1-7-5-3-2-4-6-7/h3-20,22-49,51H,21H2,1-2H3;2-10H,1H3;2-6H,1H3. The molecule has 0 saturated heterocycles. The molecule has 3 nitrogen and oxygen atoms in total. The second-order valence-electron chi connectivity index (χ2n) is 23.3. The molecule has 0 heterocycles. The number of para-hydroxylation sites is 2. The number of allylic oxidation sites excluding steroid dienone is 3. The highest BCUT2D eigenvalue weighted by Crippen LogP contribution is 2.41. The van der Waals surface area contributed by atoms with E-state index in [0.29, 0.717) is 5.92 Å². The van der Waals surface area contributed by atoms with Gasteiger partial charge in [0.2, 0.25) is 0 Å². The Morgan fingerprint density at radius 3 is 0.670 bits per heavy atom. The molecule has 1 aliphatic carbocycles. The van der Waals surface area contributed by atoms with Gasteiger partial charge in [-0.3, -0.25) is 0 Å². The fraction of sp³-hybridized carbons (Fsp3) is 0.0682. The zero-order valence-corrected chi connectivity index (χ0v) is 52.3. The maximum atomic E-state index is 2.37. The van der Waals surface area contributed by atoms with Gasteiger partial charge in [0.05, 0.1) is 0 Å². The Balaban J connectivity index is 0.000000338. The van der Waals surface area contributed by atoms with Crippen LogP contribution < -0.4 is 14.7 Å². The highest BCUT2D eigenvalue weighted by Gasteiger charge is 2.19. The van der Waals surface area contributed by atoms with E-state index in [1.165, 1.54) is 66.9 Å². The van der Waals surface area contributed by atoms with E-state index in [0.717, 1.165) is 63.0 Å². The Morgan fingerprint density at radius 2 is 0.429 bits per heavy atom. The summed E-state index contributed by atoms with van der Waals surface area (Å²) in [7, 11) is 0. The minimum Gasteiger partial charge on any atom is -0.311 e. The van der Waals surface area contributed by atoms with Crippen LogP contribution in [0.3, 0.4) is 0 Å². The van der Waals surface area contributed by atoms with Crippen LogP contribution in [0.25, 0.3) is 55.6 Å². The first-order valence-corrected chi connectivity index (χ1v) is 31.5. The number of aryl methyl sites for hydroxylation is 3. The molecule has 0 fully saturated rings. The van der Waals surface area contributed by atoms with Crippen molar-refractivity contribution in [1.82, 2.24) is 0 Å². The van der Waals surface area contributed by atoms with Crippen molar-refractivity contribution in [2.75, 3.05) is 14.7 Å². The Bertz CT molecular complexity index is 4420. The number of nitrogens with zero attached hydrogens (tertiary/aromatic N) is 3. The first-order valence-electron chi connectivity index (χ1n) is 31.5. The van der Waals surface area contributed by atoms with E-state index in [1.807, 2.05) is 24.3 Å². The van der Waals surface area contributed by atoms with Gasteiger partial charge in [0.25, 0.3) is 0 Å². The third-order valence-corrected chi connectivity index (χ3v) is 16.6. The Kier molecular flexibility index (Phi) is 19.2. The van der Waals surface area contributed by atoms with E-state index in [2.05, 4.69) is 382 Å². The largest absolute Gasteiger partial charge is 0.311 e. The summed E-state index contributed by atoms with van der Waals surface area (Å²) in [6, 6.07) is 123. The van der Waals surface area contributed by atoms with Crippen LogP contribution in [-0.2, 0) is 0 Å². The zero-order valence-electron chi connectivity index (χ0n) is 52.3. The van der Waals surface area contributed by atoms with E-state index < -0.39 is 0 Å². The molecule has 0 saturated carbocycles. The molecule has 3 heteroatoms. The van der Waals surface area contributed by atoms with Crippen LogP contribution in [-0.4, -0.2) is 0 Å². The van der Waals surface area contributed by atoms with Gasteiger partial charge in [0, 0.05) is 51.2 Å². The molecule has 442 valence electrons. The summed E-state index contributed by atoms with van der Waals surface area (Å²) in [4.78, 5) is 7.02. The van der Waals surface area contributed by atoms with E-state index in [-0.39, 0.29) is 0 Å². The number of rotatable bonds is 14. The fourth-order valence-corrected chi connectivity index (χ4v) is 11.5. The van der Waals surface area contributed by atoms with E-state index in [4.69, 9.17) is 0 Å². The Labute approximate surface area is 539 Å². The van der Waals surface area contributed by atoms with Crippen LogP contribution in [0.2, 0.25) is 0 Å². The van der Waals surface area contributed by atoms with E-state index in [1.54, 1.807) is 0 Å². The summed E-state index contributed by atoms with van der Waals surface area (Å²) < 4.78 is 0. The number of hydrogen-bond donors (Lipinski definition) is 0. The zero-order chi connectivity index (χ0) is 62.1. The maximum absolute atomic E-state index is 2.37. The lowest BCUT2D eigenvalue weighted by Crippen LogP contribution is -2.17. The van der Waals surface area contributed by atoms with Crippen LogP contribution in [0.5, 0.6) is 0 Å². The second kappa shape index (κ2) is 29.2. The highest BCUT2D eigenvalue weighted by atomic mass is 15.2. The minimum atomic E-state index is 0.533. The summed E-state index contributed by atoms with van der Waals surface area (Å²) in [5.74, 6) is 0.533. The van der Waals surface area contributed by atoms with Crippen LogP contribution in [0.4, 0.5) is 45.5 Å². The van der Waals surface area contributed by atoms with Crippen LogP contribution in [0.15, 0.2) is 370 Å². The topological polar surface area (TPSA) is 9.72 Å². The van der Waals surface area contributed by atoms with Gasteiger partial charge >= 0.3 is 0 Å². The van der Waals surface area contributed by atoms with E-state index in [9.17, 15) is 0 Å². The summed E-state index contributed by atoms with van der Waals surface area (Å²) in [5.41, 5.74) is 26.1. The van der Waals surface area contributed by atoms with Gasteiger partial charge in [-0.25, -0.2) is 0 Å². The van der Waals surface area contributed by atoms with Crippen LogP contribution in [0.1, 0.15) is 30.0 Å². The van der Waals surface area contributed by atoms with Crippen molar-refractivity contribution in [2.24, 2.45) is 5.92 Å². The average Bonchev–Trinajstić information content (AvgIpc) is 1.21. The number of benzene rings is 13. The molecule has 0 aromatic heterocycles. The predicted octanol–water partition coefficient (Wildman–Crippen LogP) is 24.9. The first kappa shape index (κ1) is 60.0. The molecule has 0 amide bonds. The summed E-state index contributed by atoms with van der Waals surface area (Å²) in [5, 5.41) is 0. The predicted molar refractivity (Wildman–Crippen MR) is 390 cm³/mol. The van der Waals surface area contributed by atoms with Crippen LogP contribution >= 0.6 is 0 Å². The van der Waals surface area contributed by atoms with Gasteiger partial charge in [-0.05, 0) is 192 Å². The van der Waals surface area contributed by atoms with Gasteiger partial charge in [-0.1, -0.05) is 284 Å². The summed E-state index contributed by atoms with van der Waals surface area (Å²) in [6.45, 7) is 8.59. The van der Waals surface area contributed by atoms with Crippen molar-refractivity contribution in [2.45, 2.75) is 34.1 Å². The molecule has 1 unspecified atom stereocenters. The lowest BCUT2D eigenvalue weighted by molar-refractivity contribution is 0.728. The molecule has 0 spiro atoms. The molecule has 91 heavy (non-hydrogen) atoms. The molecule has 0 bridgehead atoms. The van der Waals surface area contributed by atoms with Crippen molar-refractivity contribution in [3.8, 4) is 55.6 Å². The van der Waals surface area contributed by atoms with Crippen molar-refractivity contribution in [3.05, 3.63) is 386 Å². The molecular weight excluding hydrogens is 1100 g/mol. The average molecular weight is 1170 g/mol. The molecule has 1 aliphatic rings. The summed E-state index contributed by atoms with van der Waals surface area (Å²) >= 11 is 0. The van der Waals surface area contributed by atoms with Gasteiger partial charge in [0.1, 0.15) is 0 Å². The minimum absolute atomic E-state index is 0.533. The second-order valence-corrected chi connectivity index (χ2v) is 23.3. The van der Waals surface area contributed by atoms with Gasteiger partial charge < -0.3 is 14.7 Å². The molecule has 13 aromatic carbocycles. The van der Waals surface area contributed by atoms with Gasteiger partial charge in [-0.15, -0.1) is 0 Å². The SMILES string of the molecule is Cc1ccc(-c2ccc(N(c3ccccc3)c3ccc(-c4ccc(N(c5ccccc5)c5ccc(-c6ccc(N(C7=CCC(C)C=C7)c7ccc(-c8ccccc8)cc7)cc6)cc5)cc4)cc3)cc2)cc1.Cc1ccc(-c2ccccc2)cc1.Cc1ccccc1. The summed E-state index contributed by atoms with van der Waals surface area (Å²) in [6.07, 6.45) is 7.97. The first-order chi connectivity index (χ1) is 44.8. The molecule has 0 radical (unpaired) electrons.